The number of phenolic OH excluding ortho intramolecular Hbond substituents is 1. The molecule has 0 radical (unpaired) electrons. The molecule has 0 aliphatic rings. The zero-order valence-corrected chi connectivity index (χ0v) is 12.8. The van der Waals surface area contributed by atoms with Crippen LogP contribution in [0.15, 0.2) is 71.8 Å². The number of ether oxygens (including phenoxy) is 1. The number of nitrogens with zero attached hydrogens (tertiary/aromatic N) is 1. The Morgan fingerprint density at radius 1 is 1.04 bits per heavy atom. The molecular weight excluding hydrogens is 304 g/mol. The van der Waals surface area contributed by atoms with E-state index < -0.39 is 6.09 Å². The van der Waals surface area contributed by atoms with Gasteiger partial charge in [-0.15, -0.1) is 0 Å². The maximum absolute atomic E-state index is 11.6. The predicted molar refractivity (Wildman–Crippen MR) is 93.0 cm³/mol. The average Bonchev–Trinajstić information content (AvgIpc) is 2.61. The summed E-state index contributed by atoms with van der Waals surface area (Å²) < 4.78 is 5.06. The minimum Gasteiger partial charge on any atom is -0.508 e. The van der Waals surface area contributed by atoms with Crippen LogP contribution in [0, 0.1) is 0 Å². The van der Waals surface area contributed by atoms with Crippen molar-refractivity contribution >= 4 is 23.1 Å². The number of amides is 1. The van der Waals surface area contributed by atoms with E-state index in [0.717, 1.165) is 21.9 Å². The fraction of sp³-hybridized carbons (Fsp3) is 0.0526. The first-order chi connectivity index (χ1) is 11.7. The highest BCUT2D eigenvalue weighted by Crippen LogP contribution is 2.20. The van der Waals surface area contributed by atoms with Crippen molar-refractivity contribution in [3.63, 3.8) is 0 Å². The first-order valence-electron chi connectivity index (χ1n) is 7.43. The summed E-state index contributed by atoms with van der Waals surface area (Å²) in [5, 5.41) is 15.2. The number of phenols is 1. The fourth-order valence-electron chi connectivity index (χ4n) is 2.25. The van der Waals surface area contributed by atoms with Crippen LogP contribution in [0.1, 0.15) is 11.1 Å². The highest BCUT2D eigenvalue weighted by atomic mass is 16.5. The summed E-state index contributed by atoms with van der Waals surface area (Å²) in [6, 6.07) is 20.2. The molecule has 0 fully saturated rings. The molecule has 0 saturated heterocycles. The van der Waals surface area contributed by atoms with Gasteiger partial charge in [0, 0.05) is 0 Å². The van der Waals surface area contributed by atoms with Gasteiger partial charge < -0.3 is 9.84 Å². The van der Waals surface area contributed by atoms with Crippen LogP contribution in [0.3, 0.4) is 0 Å². The molecule has 0 heterocycles. The molecule has 3 aromatic rings. The van der Waals surface area contributed by atoms with Crippen molar-refractivity contribution in [1.82, 2.24) is 5.43 Å². The quantitative estimate of drug-likeness (QED) is 0.567. The fourth-order valence-corrected chi connectivity index (χ4v) is 2.25. The van der Waals surface area contributed by atoms with Crippen LogP contribution in [0.25, 0.3) is 10.8 Å². The molecule has 0 atom stereocenters. The highest BCUT2D eigenvalue weighted by molar-refractivity contribution is 5.91. The average molecular weight is 320 g/mol. The van der Waals surface area contributed by atoms with Crippen molar-refractivity contribution in [2.45, 2.75) is 6.61 Å². The third-order valence-electron chi connectivity index (χ3n) is 3.43. The SMILES string of the molecule is O=C(NN=Cc1ccc2cc(O)ccc2c1)OCc1ccccc1. The first kappa shape index (κ1) is 15.6. The van der Waals surface area contributed by atoms with Gasteiger partial charge in [0.05, 0.1) is 6.21 Å². The van der Waals surface area contributed by atoms with Gasteiger partial charge in [0.2, 0.25) is 0 Å². The van der Waals surface area contributed by atoms with E-state index in [1.807, 2.05) is 54.6 Å². The number of hydrazone groups is 1. The van der Waals surface area contributed by atoms with Crippen molar-refractivity contribution < 1.29 is 14.6 Å². The molecule has 2 N–H and O–H groups in total. The van der Waals surface area contributed by atoms with Crippen LogP contribution in [-0.2, 0) is 11.3 Å². The lowest BCUT2D eigenvalue weighted by Gasteiger charge is -2.03. The van der Waals surface area contributed by atoms with Crippen LogP contribution in [-0.4, -0.2) is 17.4 Å². The van der Waals surface area contributed by atoms with E-state index >= 15 is 0 Å². The molecule has 24 heavy (non-hydrogen) atoms. The Kier molecular flexibility index (Phi) is 4.72. The van der Waals surface area contributed by atoms with Gasteiger partial charge in [-0.25, -0.2) is 10.2 Å². The molecule has 0 unspecified atom stereocenters. The Morgan fingerprint density at radius 2 is 1.79 bits per heavy atom. The summed E-state index contributed by atoms with van der Waals surface area (Å²) in [6.07, 6.45) is 0.927. The lowest BCUT2D eigenvalue weighted by Crippen LogP contribution is -2.18. The molecule has 5 nitrogen and oxygen atoms in total. The summed E-state index contributed by atoms with van der Waals surface area (Å²) >= 11 is 0. The Morgan fingerprint density at radius 3 is 2.62 bits per heavy atom. The number of aromatic hydroxyl groups is 1. The van der Waals surface area contributed by atoms with Crippen LogP contribution in [0.2, 0.25) is 0 Å². The van der Waals surface area contributed by atoms with Crippen molar-refractivity contribution in [1.29, 1.82) is 0 Å². The van der Waals surface area contributed by atoms with Crippen LogP contribution in [0.5, 0.6) is 5.75 Å². The molecule has 120 valence electrons. The molecule has 0 aromatic heterocycles. The maximum atomic E-state index is 11.6. The van der Waals surface area contributed by atoms with Gasteiger partial charge in [-0.2, -0.15) is 5.10 Å². The topological polar surface area (TPSA) is 70.9 Å². The normalized spacial score (nSPS) is 10.8. The molecule has 0 bridgehead atoms. The van der Waals surface area contributed by atoms with Gasteiger partial charge in [-0.05, 0) is 40.1 Å². The third-order valence-corrected chi connectivity index (χ3v) is 3.43. The van der Waals surface area contributed by atoms with E-state index in [0.29, 0.717) is 0 Å². The smallest absolute Gasteiger partial charge is 0.428 e. The number of benzene rings is 3. The molecule has 0 aliphatic heterocycles. The minimum absolute atomic E-state index is 0.196. The van der Waals surface area contributed by atoms with Gasteiger partial charge in [-0.3, -0.25) is 0 Å². The van der Waals surface area contributed by atoms with Gasteiger partial charge in [0.15, 0.2) is 0 Å². The van der Waals surface area contributed by atoms with Crippen molar-refractivity contribution in [3.8, 4) is 5.75 Å². The van der Waals surface area contributed by atoms with Crippen LogP contribution < -0.4 is 5.43 Å². The van der Waals surface area contributed by atoms with E-state index in [9.17, 15) is 9.90 Å². The molecule has 3 aromatic carbocycles. The Balaban J connectivity index is 1.55. The molecule has 0 spiro atoms. The second-order valence-electron chi connectivity index (χ2n) is 5.22. The number of hydrogen-bond donors (Lipinski definition) is 2. The Labute approximate surface area is 139 Å². The Bertz CT molecular complexity index is 876. The van der Waals surface area contributed by atoms with Crippen molar-refractivity contribution in [2.24, 2.45) is 5.10 Å². The summed E-state index contributed by atoms with van der Waals surface area (Å²) in [6.45, 7) is 0.196. The zero-order chi connectivity index (χ0) is 16.8. The lowest BCUT2D eigenvalue weighted by atomic mass is 10.1. The molecule has 0 saturated carbocycles. The van der Waals surface area contributed by atoms with E-state index in [1.54, 1.807) is 12.1 Å². The van der Waals surface area contributed by atoms with E-state index in [4.69, 9.17) is 4.74 Å². The summed E-state index contributed by atoms with van der Waals surface area (Å²) in [4.78, 5) is 11.6. The number of nitrogens with one attached hydrogen (secondary N) is 1. The summed E-state index contributed by atoms with van der Waals surface area (Å²) in [5.41, 5.74) is 4.07. The van der Waals surface area contributed by atoms with Crippen LogP contribution in [0.4, 0.5) is 4.79 Å². The number of carbonyl (C=O) groups is 1. The predicted octanol–water partition coefficient (Wildman–Crippen LogP) is 3.81. The second-order valence-corrected chi connectivity index (χ2v) is 5.22. The van der Waals surface area contributed by atoms with Gasteiger partial charge in [-0.1, -0.05) is 48.5 Å². The third kappa shape index (κ3) is 4.10. The largest absolute Gasteiger partial charge is 0.508 e. The van der Waals surface area contributed by atoms with Crippen molar-refractivity contribution in [2.75, 3.05) is 0 Å². The van der Waals surface area contributed by atoms with Gasteiger partial charge >= 0.3 is 6.09 Å². The van der Waals surface area contributed by atoms with E-state index in [-0.39, 0.29) is 12.4 Å². The lowest BCUT2D eigenvalue weighted by molar-refractivity contribution is 0.140. The molecule has 1 amide bonds. The second kappa shape index (κ2) is 7.28. The number of hydrogen-bond acceptors (Lipinski definition) is 4. The maximum Gasteiger partial charge on any atom is 0.428 e. The highest BCUT2D eigenvalue weighted by Gasteiger charge is 2.01. The van der Waals surface area contributed by atoms with Gasteiger partial charge in [0.25, 0.3) is 0 Å². The van der Waals surface area contributed by atoms with Gasteiger partial charge in [0.1, 0.15) is 12.4 Å². The first-order valence-corrected chi connectivity index (χ1v) is 7.43. The molecule has 0 aliphatic carbocycles. The van der Waals surface area contributed by atoms with E-state index in [1.165, 1.54) is 6.21 Å². The molecule has 5 heteroatoms. The summed E-state index contributed by atoms with van der Waals surface area (Å²) in [5.74, 6) is 0.228. The van der Waals surface area contributed by atoms with E-state index in [2.05, 4.69) is 10.5 Å². The van der Waals surface area contributed by atoms with Crippen molar-refractivity contribution in [3.05, 3.63) is 77.9 Å². The standard InChI is InChI=1S/C19H16N2O3/c22-18-9-8-16-10-15(6-7-17(16)11-18)12-20-21-19(23)24-13-14-4-2-1-3-5-14/h1-12,22H,13H2,(H,21,23). The summed E-state index contributed by atoms with van der Waals surface area (Å²) in [7, 11) is 0. The number of rotatable bonds is 4. The zero-order valence-electron chi connectivity index (χ0n) is 12.8. The monoisotopic (exact) mass is 320 g/mol. The number of fused-ring (bicyclic) bond motifs is 1. The number of carbonyl (C=O) groups excluding carboxylic acids is 1. The molecular formula is C19H16N2O3. The minimum atomic E-state index is -0.610. The molecule has 3 rings (SSSR count). The Hall–Kier alpha value is -3.34. The van der Waals surface area contributed by atoms with Crippen LogP contribution >= 0.6 is 0 Å².